The Labute approximate surface area is 218 Å². The van der Waals surface area contributed by atoms with Gasteiger partial charge in [0.05, 0.1) is 41.2 Å². The zero-order valence-electron chi connectivity index (χ0n) is 21.0. The zero-order chi connectivity index (χ0) is 26.4. The Kier molecular flexibility index (Phi) is 6.51. The molecule has 0 bridgehead atoms. The number of rotatable bonds is 5. The van der Waals surface area contributed by atoms with Gasteiger partial charge in [-0.2, -0.15) is 18.3 Å². The molecule has 1 saturated carbocycles. The van der Waals surface area contributed by atoms with Crippen molar-refractivity contribution < 1.29 is 27.8 Å². The van der Waals surface area contributed by atoms with Crippen LogP contribution in [0.2, 0.25) is 0 Å². The molecule has 11 heteroatoms. The molecule has 3 aliphatic rings. The number of halogens is 3. The third-order valence-corrected chi connectivity index (χ3v) is 8.14. The largest absolute Gasteiger partial charge is 0.477 e. The maximum Gasteiger partial charge on any atom is 0.416 e. The Morgan fingerprint density at radius 2 is 1.76 bits per heavy atom. The van der Waals surface area contributed by atoms with Crippen molar-refractivity contribution in [1.82, 2.24) is 19.7 Å². The molecular weight excluding hydrogens is 499 g/mol. The quantitative estimate of drug-likeness (QED) is 0.513. The number of aromatic nitrogens is 3. The van der Waals surface area contributed by atoms with Crippen molar-refractivity contribution in [3.8, 4) is 5.69 Å². The third-order valence-electron chi connectivity index (χ3n) is 8.14. The first-order chi connectivity index (χ1) is 18.3. The van der Waals surface area contributed by atoms with Gasteiger partial charge in [0.1, 0.15) is 0 Å². The van der Waals surface area contributed by atoms with Crippen LogP contribution in [0.3, 0.4) is 0 Å². The lowest BCUT2D eigenvalue weighted by atomic mass is 9.82. The predicted molar refractivity (Wildman–Crippen MR) is 135 cm³/mol. The first-order valence-corrected chi connectivity index (χ1v) is 13.2. The fourth-order valence-electron chi connectivity index (χ4n) is 5.86. The molecule has 8 nitrogen and oxygen atoms in total. The number of morpholine rings is 1. The maximum atomic E-state index is 13.5. The van der Waals surface area contributed by atoms with Crippen LogP contribution in [0.5, 0.6) is 0 Å². The molecule has 0 atom stereocenters. The SMILES string of the molecule is O=C(O)c1cc(N2CCC(N3CCOCC3)CC2)c2c(C3CCC3)nn(-c3cccc(C(F)(F)F)c3)c2n1. The molecule has 0 amide bonds. The van der Waals surface area contributed by atoms with E-state index in [0.29, 0.717) is 6.04 Å². The summed E-state index contributed by atoms with van der Waals surface area (Å²) in [6.45, 7) is 4.82. The van der Waals surface area contributed by atoms with Gasteiger partial charge in [0.15, 0.2) is 11.3 Å². The van der Waals surface area contributed by atoms with Crippen LogP contribution in [0.25, 0.3) is 16.7 Å². The summed E-state index contributed by atoms with van der Waals surface area (Å²) >= 11 is 0. The molecule has 2 aliphatic heterocycles. The Bertz CT molecular complexity index is 1340. The summed E-state index contributed by atoms with van der Waals surface area (Å²) in [5, 5.41) is 15.4. The number of alkyl halides is 3. The third kappa shape index (κ3) is 4.62. The predicted octanol–water partition coefficient (Wildman–Crippen LogP) is 4.71. The van der Waals surface area contributed by atoms with Crippen molar-refractivity contribution in [2.75, 3.05) is 44.3 Å². The number of hydrogen-bond acceptors (Lipinski definition) is 6. The van der Waals surface area contributed by atoms with E-state index in [-0.39, 0.29) is 22.9 Å². The molecule has 2 saturated heterocycles. The van der Waals surface area contributed by atoms with E-state index in [4.69, 9.17) is 9.84 Å². The Hall–Kier alpha value is -3.18. The molecule has 3 fully saturated rings. The highest BCUT2D eigenvalue weighted by molar-refractivity contribution is 5.98. The second kappa shape index (κ2) is 9.85. The lowest BCUT2D eigenvalue weighted by molar-refractivity contribution is -0.137. The van der Waals surface area contributed by atoms with Crippen LogP contribution in [-0.2, 0) is 10.9 Å². The summed E-state index contributed by atoms with van der Waals surface area (Å²) in [5.41, 5.74) is 1.12. The van der Waals surface area contributed by atoms with Crippen molar-refractivity contribution in [2.24, 2.45) is 0 Å². The van der Waals surface area contributed by atoms with Gasteiger partial charge in [-0.05, 0) is 49.9 Å². The smallest absolute Gasteiger partial charge is 0.416 e. The number of ether oxygens (including phenoxy) is 1. The molecule has 6 rings (SSSR count). The minimum Gasteiger partial charge on any atom is -0.477 e. The number of fused-ring (bicyclic) bond motifs is 1. The zero-order valence-corrected chi connectivity index (χ0v) is 21.0. The molecular formula is C27H30F3N5O3. The Morgan fingerprint density at radius 1 is 1.03 bits per heavy atom. The fraction of sp³-hybridized carbons (Fsp3) is 0.519. The molecule has 202 valence electrons. The molecule has 38 heavy (non-hydrogen) atoms. The molecule has 1 aliphatic carbocycles. The molecule has 0 spiro atoms. The first kappa shape index (κ1) is 25.1. The van der Waals surface area contributed by atoms with Crippen molar-refractivity contribution in [3.05, 3.63) is 47.3 Å². The van der Waals surface area contributed by atoms with E-state index in [2.05, 4.69) is 14.8 Å². The molecule has 3 aromatic rings. The second-order valence-electron chi connectivity index (χ2n) is 10.4. The van der Waals surface area contributed by atoms with Crippen LogP contribution in [0.1, 0.15) is 59.8 Å². The average Bonchev–Trinajstić information content (AvgIpc) is 3.26. The monoisotopic (exact) mass is 529 g/mol. The number of piperidine rings is 1. The minimum atomic E-state index is -4.51. The topological polar surface area (TPSA) is 83.7 Å². The van der Waals surface area contributed by atoms with Crippen molar-refractivity contribution in [3.63, 3.8) is 0 Å². The summed E-state index contributed by atoms with van der Waals surface area (Å²) in [7, 11) is 0. The number of benzene rings is 1. The van der Waals surface area contributed by atoms with Gasteiger partial charge in [0, 0.05) is 38.1 Å². The summed E-state index contributed by atoms with van der Waals surface area (Å²) in [6.07, 6.45) is 0.302. The molecule has 1 N–H and O–H groups in total. The summed E-state index contributed by atoms with van der Waals surface area (Å²) in [5.74, 6) is -1.01. The van der Waals surface area contributed by atoms with E-state index < -0.39 is 17.7 Å². The van der Waals surface area contributed by atoms with Gasteiger partial charge < -0.3 is 14.7 Å². The van der Waals surface area contributed by atoms with Crippen LogP contribution < -0.4 is 4.90 Å². The Morgan fingerprint density at radius 3 is 2.39 bits per heavy atom. The van der Waals surface area contributed by atoms with E-state index in [9.17, 15) is 23.1 Å². The average molecular weight is 530 g/mol. The standard InChI is InChI=1S/C27H30F3N5O3/c28-27(29,30)18-5-2-6-20(15-18)35-25-23(24(32-35)17-3-1-4-17)22(16-21(31-25)26(36)37)34-9-7-19(8-10-34)33-11-13-38-14-12-33/h2,5-6,15-17,19H,1,3-4,7-14H2,(H,36,37). The van der Waals surface area contributed by atoms with E-state index in [0.717, 1.165) is 100 Å². The van der Waals surface area contributed by atoms with Crippen molar-refractivity contribution in [2.45, 2.75) is 50.2 Å². The van der Waals surface area contributed by atoms with Crippen LogP contribution in [0.15, 0.2) is 30.3 Å². The normalized spacial score (nSPS) is 20.1. The van der Waals surface area contributed by atoms with Gasteiger partial charge in [-0.1, -0.05) is 12.5 Å². The van der Waals surface area contributed by atoms with Crippen LogP contribution in [-0.4, -0.2) is 76.2 Å². The summed E-state index contributed by atoms with van der Waals surface area (Å²) < 4.78 is 47.4. The molecule has 1 aromatic carbocycles. The van der Waals surface area contributed by atoms with Gasteiger partial charge in [-0.25, -0.2) is 14.5 Å². The van der Waals surface area contributed by atoms with Gasteiger partial charge in [0.25, 0.3) is 0 Å². The lowest BCUT2D eigenvalue weighted by Crippen LogP contribution is -2.49. The van der Waals surface area contributed by atoms with Gasteiger partial charge in [0.2, 0.25) is 0 Å². The molecule has 0 unspecified atom stereocenters. The van der Waals surface area contributed by atoms with E-state index >= 15 is 0 Å². The number of aromatic carboxylic acids is 1. The number of nitrogens with zero attached hydrogens (tertiary/aromatic N) is 5. The number of hydrogen-bond donors (Lipinski definition) is 1. The van der Waals surface area contributed by atoms with Crippen LogP contribution >= 0.6 is 0 Å². The summed E-state index contributed by atoms with van der Waals surface area (Å²) in [4.78, 5) is 21.2. The number of carbonyl (C=O) groups is 1. The number of carboxylic acids is 1. The number of pyridine rings is 1. The van der Waals surface area contributed by atoms with Gasteiger partial charge in [-0.15, -0.1) is 0 Å². The highest BCUT2D eigenvalue weighted by Crippen LogP contribution is 2.43. The van der Waals surface area contributed by atoms with Crippen LogP contribution in [0.4, 0.5) is 18.9 Å². The van der Waals surface area contributed by atoms with E-state index in [1.807, 2.05) is 0 Å². The van der Waals surface area contributed by atoms with E-state index in [1.165, 1.54) is 10.7 Å². The van der Waals surface area contributed by atoms with Crippen molar-refractivity contribution in [1.29, 1.82) is 0 Å². The molecule has 0 radical (unpaired) electrons. The second-order valence-corrected chi connectivity index (χ2v) is 10.4. The molecule has 2 aromatic heterocycles. The maximum absolute atomic E-state index is 13.5. The van der Waals surface area contributed by atoms with Crippen LogP contribution in [0, 0.1) is 0 Å². The Balaban J connectivity index is 1.44. The van der Waals surface area contributed by atoms with Gasteiger partial charge in [-0.3, -0.25) is 4.90 Å². The van der Waals surface area contributed by atoms with Gasteiger partial charge >= 0.3 is 12.1 Å². The highest BCUT2D eigenvalue weighted by atomic mass is 19.4. The number of anilines is 1. The lowest BCUT2D eigenvalue weighted by Gasteiger charge is -2.41. The number of carboxylic acid groups (broad SMARTS) is 1. The van der Waals surface area contributed by atoms with E-state index in [1.54, 1.807) is 12.1 Å². The molecule has 4 heterocycles. The van der Waals surface area contributed by atoms with Crippen molar-refractivity contribution >= 4 is 22.7 Å². The summed E-state index contributed by atoms with van der Waals surface area (Å²) in [6, 6.07) is 7.01. The highest BCUT2D eigenvalue weighted by Gasteiger charge is 2.34. The minimum absolute atomic E-state index is 0.143. The fourth-order valence-corrected chi connectivity index (χ4v) is 5.86. The first-order valence-electron chi connectivity index (χ1n) is 13.2.